The molecule has 6 heteroatoms. The molecule has 0 bridgehead atoms. The number of hydrogen-bond donors (Lipinski definition) is 2. The zero-order chi connectivity index (χ0) is 24.1. The first kappa shape index (κ1) is 23.5. The second-order valence-corrected chi connectivity index (χ2v) is 9.10. The number of anilines is 1. The average Bonchev–Trinajstić information content (AvgIpc) is 2.86. The molecule has 0 radical (unpaired) electrons. The Labute approximate surface area is 201 Å². The number of nitrogens with zero attached hydrogens (tertiary/aromatic N) is 3. The number of piperidine rings is 1. The van der Waals surface area contributed by atoms with E-state index in [2.05, 4.69) is 64.4 Å². The largest absolute Gasteiger partial charge is 0.411 e. The number of benzene rings is 2. The van der Waals surface area contributed by atoms with Crippen LogP contribution in [0.3, 0.4) is 0 Å². The van der Waals surface area contributed by atoms with Gasteiger partial charge in [-0.1, -0.05) is 41.6 Å². The van der Waals surface area contributed by atoms with Crippen LogP contribution in [0.5, 0.6) is 0 Å². The average molecular weight is 457 g/mol. The number of nitrogens with two attached hydrogens (primary N) is 1. The van der Waals surface area contributed by atoms with Gasteiger partial charge in [0.25, 0.3) is 0 Å². The fourth-order valence-electron chi connectivity index (χ4n) is 4.86. The molecule has 176 valence electrons. The summed E-state index contributed by atoms with van der Waals surface area (Å²) in [5, 5.41) is 13.6. The highest BCUT2D eigenvalue weighted by molar-refractivity contribution is 6.01. The Morgan fingerprint density at radius 3 is 2.44 bits per heavy atom. The van der Waals surface area contributed by atoms with Gasteiger partial charge in [-0.15, -0.1) is 0 Å². The van der Waals surface area contributed by atoms with Crippen molar-refractivity contribution in [3.05, 3.63) is 94.8 Å². The number of oxime groups is 1. The van der Waals surface area contributed by atoms with Gasteiger partial charge in [-0.2, -0.15) is 0 Å². The van der Waals surface area contributed by atoms with Crippen LogP contribution in [0.1, 0.15) is 53.1 Å². The summed E-state index contributed by atoms with van der Waals surface area (Å²) in [4.78, 5) is 18.1. The van der Waals surface area contributed by atoms with E-state index in [1.54, 1.807) is 6.20 Å². The van der Waals surface area contributed by atoms with Crippen LogP contribution in [0.25, 0.3) is 0 Å². The summed E-state index contributed by atoms with van der Waals surface area (Å²) in [5.41, 5.74) is 12.6. The molecule has 34 heavy (non-hydrogen) atoms. The molecule has 1 aliphatic heterocycles. The Hall–Kier alpha value is -3.67. The Balaban J connectivity index is 1.61. The smallest absolute Gasteiger partial charge is 0.220 e. The predicted octanol–water partition coefficient (Wildman–Crippen LogP) is 4.80. The molecule has 1 aliphatic rings. The third-order valence-electron chi connectivity index (χ3n) is 6.87. The highest BCUT2D eigenvalue weighted by atomic mass is 16.4. The fraction of sp³-hybridized carbons (Fsp3) is 0.321. The maximum atomic E-state index is 11.5. The quantitative estimate of drug-likeness (QED) is 0.303. The first-order valence-electron chi connectivity index (χ1n) is 11.8. The van der Waals surface area contributed by atoms with E-state index in [0.29, 0.717) is 12.1 Å². The number of amides is 1. The molecule has 4 rings (SSSR count). The van der Waals surface area contributed by atoms with Crippen molar-refractivity contribution in [3.8, 4) is 0 Å². The van der Waals surface area contributed by atoms with E-state index in [4.69, 9.17) is 5.73 Å². The lowest BCUT2D eigenvalue weighted by Gasteiger charge is -2.32. The van der Waals surface area contributed by atoms with Crippen molar-refractivity contribution in [2.45, 2.75) is 39.0 Å². The van der Waals surface area contributed by atoms with Gasteiger partial charge in [-0.3, -0.25) is 9.78 Å². The molecule has 1 fully saturated rings. The highest BCUT2D eigenvalue weighted by Gasteiger charge is 2.24. The van der Waals surface area contributed by atoms with Crippen molar-refractivity contribution in [2.24, 2.45) is 16.8 Å². The molecule has 0 unspecified atom stereocenters. The Morgan fingerprint density at radius 2 is 1.82 bits per heavy atom. The predicted molar refractivity (Wildman–Crippen MR) is 136 cm³/mol. The van der Waals surface area contributed by atoms with Crippen molar-refractivity contribution in [1.82, 2.24) is 4.98 Å². The van der Waals surface area contributed by atoms with Crippen LogP contribution in [-0.4, -0.2) is 34.9 Å². The molecule has 1 atom stereocenters. The number of aryl methyl sites for hydroxylation is 2. The lowest BCUT2D eigenvalue weighted by molar-refractivity contribution is -0.122. The van der Waals surface area contributed by atoms with E-state index in [-0.39, 0.29) is 17.7 Å². The molecule has 1 aromatic heterocycles. The number of aromatic nitrogens is 1. The van der Waals surface area contributed by atoms with Crippen LogP contribution in [-0.2, 0) is 4.79 Å². The zero-order valence-electron chi connectivity index (χ0n) is 19.8. The maximum absolute atomic E-state index is 11.5. The number of rotatable bonds is 7. The number of primary amides is 1. The van der Waals surface area contributed by atoms with Crippen LogP contribution in [0, 0.1) is 19.8 Å². The molecular weight excluding hydrogens is 424 g/mol. The third-order valence-corrected chi connectivity index (χ3v) is 6.87. The summed E-state index contributed by atoms with van der Waals surface area (Å²) in [6, 6.07) is 20.8. The summed E-state index contributed by atoms with van der Waals surface area (Å²) in [6.07, 6.45) is 3.90. The summed E-state index contributed by atoms with van der Waals surface area (Å²) in [7, 11) is 0. The molecule has 3 aromatic rings. The number of carbonyl (C=O) groups excluding carboxylic acids is 1. The molecule has 1 saturated heterocycles. The van der Waals surface area contributed by atoms with Crippen LogP contribution in [0.2, 0.25) is 0 Å². The van der Waals surface area contributed by atoms with E-state index in [1.807, 2.05) is 25.1 Å². The summed E-state index contributed by atoms with van der Waals surface area (Å²) >= 11 is 0. The second-order valence-electron chi connectivity index (χ2n) is 9.10. The Bertz CT molecular complexity index is 1170. The molecule has 0 aliphatic carbocycles. The minimum Gasteiger partial charge on any atom is -0.411 e. The van der Waals surface area contributed by atoms with Gasteiger partial charge in [0, 0.05) is 54.5 Å². The SMILES string of the molecule is Cc1cc(/C(C[C@H](c2ccc(N3CCC(C(N)=O)CC3)cc2)c2ccccc2C)=N/O)ccn1. The second kappa shape index (κ2) is 10.5. The van der Waals surface area contributed by atoms with Crippen molar-refractivity contribution >= 4 is 17.3 Å². The maximum Gasteiger partial charge on any atom is 0.220 e. The van der Waals surface area contributed by atoms with Gasteiger partial charge in [-0.05, 0) is 67.6 Å². The van der Waals surface area contributed by atoms with Gasteiger partial charge in [0.1, 0.15) is 0 Å². The fourth-order valence-corrected chi connectivity index (χ4v) is 4.86. The lowest BCUT2D eigenvalue weighted by atomic mass is 9.83. The van der Waals surface area contributed by atoms with Gasteiger partial charge in [0.15, 0.2) is 0 Å². The van der Waals surface area contributed by atoms with Crippen LogP contribution < -0.4 is 10.6 Å². The minimum atomic E-state index is -0.193. The molecule has 2 aromatic carbocycles. The van der Waals surface area contributed by atoms with E-state index >= 15 is 0 Å². The molecule has 6 nitrogen and oxygen atoms in total. The van der Waals surface area contributed by atoms with Crippen LogP contribution in [0.15, 0.2) is 72.0 Å². The minimum absolute atomic E-state index is 0.0195. The monoisotopic (exact) mass is 456 g/mol. The molecule has 0 spiro atoms. The van der Waals surface area contributed by atoms with Crippen molar-refractivity contribution in [2.75, 3.05) is 18.0 Å². The van der Waals surface area contributed by atoms with Gasteiger partial charge in [0.05, 0.1) is 5.71 Å². The van der Waals surface area contributed by atoms with E-state index < -0.39 is 0 Å². The number of hydrogen-bond acceptors (Lipinski definition) is 5. The highest BCUT2D eigenvalue weighted by Crippen LogP contribution is 2.33. The van der Waals surface area contributed by atoms with Crippen molar-refractivity contribution in [3.63, 3.8) is 0 Å². The van der Waals surface area contributed by atoms with Crippen LogP contribution >= 0.6 is 0 Å². The van der Waals surface area contributed by atoms with E-state index in [9.17, 15) is 10.0 Å². The first-order chi connectivity index (χ1) is 16.5. The standard InChI is InChI=1S/C28H32N4O2/c1-19-5-3-4-6-25(19)26(18-27(31-34)23-11-14-30-20(2)17-23)21-7-9-24(10-8-21)32-15-12-22(13-16-32)28(29)33/h3-11,14,17,22,26,34H,12-13,15-16,18H2,1-2H3,(H2,29,33)/b31-27+/t26-/m1/s1. The Kier molecular flexibility index (Phi) is 7.26. The van der Waals surface area contributed by atoms with Gasteiger partial charge in [-0.25, -0.2) is 0 Å². The molecule has 0 saturated carbocycles. The lowest BCUT2D eigenvalue weighted by Crippen LogP contribution is -2.38. The third kappa shape index (κ3) is 5.28. The first-order valence-corrected chi connectivity index (χ1v) is 11.8. The van der Waals surface area contributed by atoms with Gasteiger partial charge < -0.3 is 15.8 Å². The van der Waals surface area contributed by atoms with Crippen molar-refractivity contribution < 1.29 is 10.0 Å². The zero-order valence-corrected chi connectivity index (χ0v) is 19.8. The summed E-state index contributed by atoms with van der Waals surface area (Å²) in [5.74, 6) is -0.175. The van der Waals surface area contributed by atoms with Crippen LogP contribution in [0.4, 0.5) is 5.69 Å². The summed E-state index contributed by atoms with van der Waals surface area (Å²) < 4.78 is 0. The molecule has 1 amide bonds. The summed E-state index contributed by atoms with van der Waals surface area (Å²) in [6.45, 7) is 5.71. The normalized spacial score (nSPS) is 15.8. The number of pyridine rings is 1. The van der Waals surface area contributed by atoms with E-state index in [0.717, 1.165) is 48.4 Å². The Morgan fingerprint density at radius 1 is 1.12 bits per heavy atom. The van der Waals surface area contributed by atoms with Crippen molar-refractivity contribution in [1.29, 1.82) is 0 Å². The molecular formula is C28H32N4O2. The topological polar surface area (TPSA) is 91.8 Å². The van der Waals surface area contributed by atoms with Gasteiger partial charge in [0.2, 0.25) is 5.91 Å². The van der Waals surface area contributed by atoms with E-state index in [1.165, 1.54) is 11.1 Å². The number of carbonyl (C=O) groups is 1. The van der Waals surface area contributed by atoms with Gasteiger partial charge >= 0.3 is 0 Å². The molecule has 3 N–H and O–H groups in total. The molecule has 2 heterocycles.